The van der Waals surface area contributed by atoms with Gasteiger partial charge in [-0.15, -0.1) is 0 Å². The lowest BCUT2D eigenvalue weighted by Crippen LogP contribution is -2.31. The van der Waals surface area contributed by atoms with Crippen LogP contribution in [0.4, 0.5) is 0 Å². The first kappa shape index (κ1) is 14.2. The Morgan fingerprint density at radius 1 is 1.35 bits per heavy atom. The summed E-state index contributed by atoms with van der Waals surface area (Å²) in [5, 5.41) is 17.6. The van der Waals surface area contributed by atoms with Crippen molar-refractivity contribution in [1.82, 2.24) is 15.1 Å². The summed E-state index contributed by atoms with van der Waals surface area (Å²) in [5.74, 6) is 0. The number of aryl methyl sites for hydroxylation is 1. The zero-order valence-corrected chi connectivity index (χ0v) is 11.5. The van der Waals surface area contributed by atoms with Gasteiger partial charge in [-0.1, -0.05) is 13.8 Å². The first-order valence-corrected chi connectivity index (χ1v) is 6.51. The van der Waals surface area contributed by atoms with Crippen molar-refractivity contribution in [2.75, 3.05) is 13.1 Å². The highest BCUT2D eigenvalue weighted by Crippen LogP contribution is 2.13. The smallest absolute Gasteiger partial charge is 0.0860 e. The summed E-state index contributed by atoms with van der Waals surface area (Å²) in [6, 6.07) is 0. The Morgan fingerprint density at radius 2 is 2.06 bits per heavy atom. The van der Waals surface area contributed by atoms with Crippen LogP contribution in [0.5, 0.6) is 0 Å². The third-order valence-electron chi connectivity index (χ3n) is 3.08. The van der Waals surface area contributed by atoms with Crippen molar-refractivity contribution < 1.29 is 5.11 Å². The molecule has 0 aliphatic heterocycles. The molecule has 1 unspecified atom stereocenters. The summed E-state index contributed by atoms with van der Waals surface area (Å²) in [6.45, 7) is 10.5. The van der Waals surface area contributed by atoms with Crippen LogP contribution in [-0.4, -0.2) is 34.1 Å². The number of aliphatic hydroxyl groups excluding tert-OH is 1. The molecule has 1 aromatic heterocycles. The van der Waals surface area contributed by atoms with Gasteiger partial charge in [0.2, 0.25) is 0 Å². The molecule has 0 radical (unpaired) electrons. The summed E-state index contributed by atoms with van der Waals surface area (Å²) >= 11 is 0. The molecule has 0 saturated carbocycles. The zero-order valence-electron chi connectivity index (χ0n) is 11.5. The largest absolute Gasteiger partial charge is 0.390 e. The van der Waals surface area contributed by atoms with Crippen LogP contribution in [0.15, 0.2) is 0 Å². The number of nitrogens with zero attached hydrogens (tertiary/aromatic N) is 2. The second-order valence-electron chi connectivity index (χ2n) is 4.54. The van der Waals surface area contributed by atoms with Crippen LogP contribution in [0.2, 0.25) is 0 Å². The number of aromatic nitrogens is 2. The second kappa shape index (κ2) is 6.77. The predicted molar refractivity (Wildman–Crippen MR) is 70.2 cm³/mol. The molecule has 98 valence electrons. The van der Waals surface area contributed by atoms with E-state index in [9.17, 15) is 5.11 Å². The quantitative estimate of drug-likeness (QED) is 0.708. The minimum atomic E-state index is -0.371. The molecule has 17 heavy (non-hydrogen) atoms. The third-order valence-corrected chi connectivity index (χ3v) is 3.08. The van der Waals surface area contributed by atoms with Crippen LogP contribution in [0.1, 0.15) is 37.2 Å². The normalized spacial score (nSPS) is 13.0. The summed E-state index contributed by atoms with van der Waals surface area (Å²) in [6.07, 6.45) is 1.72. The lowest BCUT2D eigenvalue weighted by Gasteiger charge is -2.13. The molecule has 4 heteroatoms. The van der Waals surface area contributed by atoms with Gasteiger partial charge in [0, 0.05) is 12.2 Å². The fraction of sp³-hybridized carbons (Fsp3) is 0.769. The molecule has 1 rings (SSSR count). The van der Waals surface area contributed by atoms with E-state index in [0.717, 1.165) is 25.1 Å². The maximum absolute atomic E-state index is 9.90. The highest BCUT2D eigenvalue weighted by atomic mass is 16.3. The van der Waals surface area contributed by atoms with Crippen molar-refractivity contribution in [3.63, 3.8) is 0 Å². The molecule has 4 nitrogen and oxygen atoms in total. The summed E-state index contributed by atoms with van der Waals surface area (Å²) in [7, 11) is 0. The molecule has 0 amide bonds. The molecule has 0 fully saturated rings. The van der Waals surface area contributed by atoms with Gasteiger partial charge in [-0.3, -0.25) is 4.68 Å². The maximum atomic E-state index is 9.90. The van der Waals surface area contributed by atoms with E-state index in [1.54, 1.807) is 0 Å². The molecular weight excluding hydrogens is 214 g/mol. The van der Waals surface area contributed by atoms with Crippen LogP contribution in [0, 0.1) is 13.8 Å². The molecular formula is C13H25N3O. The maximum Gasteiger partial charge on any atom is 0.0860 e. The van der Waals surface area contributed by atoms with E-state index in [-0.39, 0.29) is 6.10 Å². The Kier molecular flexibility index (Phi) is 5.65. The van der Waals surface area contributed by atoms with Crippen molar-refractivity contribution >= 4 is 0 Å². The Morgan fingerprint density at radius 3 is 2.59 bits per heavy atom. The van der Waals surface area contributed by atoms with Gasteiger partial charge in [0.05, 0.1) is 18.3 Å². The van der Waals surface area contributed by atoms with Gasteiger partial charge in [-0.2, -0.15) is 5.10 Å². The average Bonchev–Trinajstić information content (AvgIpc) is 2.54. The van der Waals surface area contributed by atoms with Crippen molar-refractivity contribution in [2.24, 2.45) is 0 Å². The lowest BCUT2D eigenvalue weighted by atomic mass is 10.1. The molecule has 1 aromatic rings. The molecule has 0 aliphatic rings. The van der Waals surface area contributed by atoms with E-state index < -0.39 is 0 Å². The van der Waals surface area contributed by atoms with E-state index in [2.05, 4.69) is 31.2 Å². The molecule has 2 N–H and O–H groups in total. The summed E-state index contributed by atoms with van der Waals surface area (Å²) in [5.41, 5.74) is 3.57. The van der Waals surface area contributed by atoms with Crippen molar-refractivity contribution in [3.05, 3.63) is 17.0 Å². The fourth-order valence-corrected chi connectivity index (χ4v) is 2.13. The van der Waals surface area contributed by atoms with Gasteiger partial charge in [0.1, 0.15) is 0 Å². The van der Waals surface area contributed by atoms with E-state index in [4.69, 9.17) is 0 Å². The number of hydrogen-bond donors (Lipinski definition) is 2. The summed E-state index contributed by atoms with van der Waals surface area (Å²) in [4.78, 5) is 0. The van der Waals surface area contributed by atoms with Gasteiger partial charge >= 0.3 is 0 Å². The van der Waals surface area contributed by atoms with E-state index in [0.29, 0.717) is 13.1 Å². The first-order valence-electron chi connectivity index (χ1n) is 6.51. The van der Waals surface area contributed by atoms with Crippen LogP contribution in [0.25, 0.3) is 0 Å². The molecule has 1 atom stereocenters. The third kappa shape index (κ3) is 3.82. The standard InChI is InChI=1S/C13H25N3O/c1-5-7-14-8-12(17)9-16-11(4)13(6-2)10(3)15-16/h12,14,17H,5-9H2,1-4H3. The molecule has 0 spiro atoms. The van der Waals surface area contributed by atoms with Crippen molar-refractivity contribution in [1.29, 1.82) is 0 Å². The Balaban J connectivity index is 2.56. The number of nitrogens with one attached hydrogen (secondary N) is 1. The Labute approximate surface area is 104 Å². The number of hydrogen-bond acceptors (Lipinski definition) is 3. The minimum absolute atomic E-state index is 0.371. The summed E-state index contributed by atoms with van der Waals surface area (Å²) < 4.78 is 1.92. The minimum Gasteiger partial charge on any atom is -0.390 e. The Bertz CT molecular complexity index is 347. The average molecular weight is 239 g/mol. The topological polar surface area (TPSA) is 50.1 Å². The van der Waals surface area contributed by atoms with Crippen molar-refractivity contribution in [3.8, 4) is 0 Å². The van der Waals surface area contributed by atoms with Crippen LogP contribution < -0.4 is 5.32 Å². The van der Waals surface area contributed by atoms with E-state index in [1.807, 2.05) is 11.6 Å². The van der Waals surface area contributed by atoms with Gasteiger partial charge in [-0.05, 0) is 38.8 Å². The monoisotopic (exact) mass is 239 g/mol. The van der Waals surface area contributed by atoms with Crippen LogP contribution in [-0.2, 0) is 13.0 Å². The van der Waals surface area contributed by atoms with Gasteiger partial charge < -0.3 is 10.4 Å². The first-order chi connectivity index (χ1) is 8.10. The van der Waals surface area contributed by atoms with E-state index >= 15 is 0 Å². The number of aliphatic hydroxyl groups is 1. The molecule has 0 bridgehead atoms. The highest BCUT2D eigenvalue weighted by Gasteiger charge is 2.12. The molecule has 1 heterocycles. The van der Waals surface area contributed by atoms with Gasteiger partial charge in [0.25, 0.3) is 0 Å². The van der Waals surface area contributed by atoms with Gasteiger partial charge in [0.15, 0.2) is 0 Å². The lowest BCUT2D eigenvalue weighted by molar-refractivity contribution is 0.146. The van der Waals surface area contributed by atoms with Crippen molar-refractivity contribution in [2.45, 2.75) is 53.2 Å². The predicted octanol–water partition coefficient (Wildman–Crippen LogP) is 1.42. The van der Waals surface area contributed by atoms with Gasteiger partial charge in [-0.25, -0.2) is 0 Å². The second-order valence-corrected chi connectivity index (χ2v) is 4.54. The van der Waals surface area contributed by atoms with Crippen LogP contribution in [0.3, 0.4) is 0 Å². The Hall–Kier alpha value is -0.870. The SMILES string of the molecule is CCCNCC(O)Cn1nc(C)c(CC)c1C. The molecule has 0 saturated heterocycles. The van der Waals surface area contributed by atoms with E-state index in [1.165, 1.54) is 11.3 Å². The van der Waals surface area contributed by atoms with Crippen LogP contribution >= 0.6 is 0 Å². The number of rotatable bonds is 7. The molecule has 0 aromatic carbocycles. The zero-order chi connectivity index (χ0) is 12.8. The highest BCUT2D eigenvalue weighted by molar-refractivity contribution is 5.24. The molecule has 0 aliphatic carbocycles. The fourth-order valence-electron chi connectivity index (χ4n) is 2.13.